The summed E-state index contributed by atoms with van der Waals surface area (Å²) in [5, 5.41) is 21.6. The van der Waals surface area contributed by atoms with Gasteiger partial charge in [0.25, 0.3) is 0 Å². The van der Waals surface area contributed by atoms with Crippen LogP contribution >= 0.6 is 0 Å². The van der Waals surface area contributed by atoms with Crippen LogP contribution in [0.5, 0.6) is 0 Å². The second-order valence-corrected chi connectivity index (χ2v) is 7.93. The summed E-state index contributed by atoms with van der Waals surface area (Å²) in [6.07, 6.45) is 7.85. The third-order valence-corrected chi connectivity index (χ3v) is 6.35. The van der Waals surface area contributed by atoms with Crippen LogP contribution in [-0.4, -0.2) is 73.5 Å². The normalized spacial score (nSPS) is 30.8. The van der Waals surface area contributed by atoms with Crippen LogP contribution in [0.4, 0.5) is 4.79 Å². The lowest BCUT2D eigenvalue weighted by Crippen LogP contribution is -2.54. The molecule has 3 heterocycles. The number of urea groups is 1. The summed E-state index contributed by atoms with van der Waals surface area (Å²) in [6, 6.07) is 0.479. The Kier molecular flexibility index (Phi) is 5.13. The van der Waals surface area contributed by atoms with Gasteiger partial charge in [-0.2, -0.15) is 0 Å². The van der Waals surface area contributed by atoms with Crippen molar-refractivity contribution in [1.82, 2.24) is 29.9 Å². The van der Waals surface area contributed by atoms with E-state index >= 15 is 0 Å². The lowest BCUT2D eigenvalue weighted by atomic mass is 9.89. The van der Waals surface area contributed by atoms with Gasteiger partial charge >= 0.3 is 6.03 Å². The van der Waals surface area contributed by atoms with Crippen LogP contribution < -0.4 is 5.32 Å². The highest BCUT2D eigenvalue weighted by Gasteiger charge is 2.34. The molecule has 0 bridgehead atoms. The fourth-order valence-corrected chi connectivity index (χ4v) is 4.74. The van der Waals surface area contributed by atoms with Gasteiger partial charge in [-0.1, -0.05) is 12.8 Å². The first-order valence-electron chi connectivity index (χ1n) is 10.0. The first-order chi connectivity index (χ1) is 12.6. The summed E-state index contributed by atoms with van der Waals surface area (Å²) < 4.78 is 2.02. The molecule has 1 saturated carbocycles. The Morgan fingerprint density at radius 2 is 1.92 bits per heavy atom. The monoisotopic (exact) mass is 362 g/mol. The van der Waals surface area contributed by atoms with Crippen LogP contribution in [0, 0.1) is 0 Å². The van der Waals surface area contributed by atoms with Gasteiger partial charge in [0, 0.05) is 38.3 Å². The summed E-state index contributed by atoms with van der Waals surface area (Å²) in [7, 11) is 0. The Balaban J connectivity index is 1.28. The van der Waals surface area contributed by atoms with E-state index in [1.165, 1.54) is 6.42 Å². The van der Waals surface area contributed by atoms with E-state index in [1.54, 1.807) is 6.33 Å². The van der Waals surface area contributed by atoms with Crippen molar-refractivity contribution in [3.8, 4) is 0 Å². The molecule has 3 atom stereocenters. The van der Waals surface area contributed by atoms with Crippen molar-refractivity contribution < 1.29 is 9.90 Å². The number of nitrogens with one attached hydrogen (secondary N) is 1. The number of hydrogen-bond donors (Lipinski definition) is 2. The molecule has 0 radical (unpaired) electrons. The predicted molar refractivity (Wildman–Crippen MR) is 96.5 cm³/mol. The quantitative estimate of drug-likeness (QED) is 0.824. The van der Waals surface area contributed by atoms with Crippen molar-refractivity contribution in [2.45, 2.75) is 76.2 Å². The largest absolute Gasteiger partial charge is 0.391 e. The molecule has 2 N–H and O–H groups in total. The van der Waals surface area contributed by atoms with Gasteiger partial charge in [-0.25, -0.2) is 4.79 Å². The van der Waals surface area contributed by atoms with E-state index in [4.69, 9.17) is 0 Å². The third kappa shape index (κ3) is 3.44. The Morgan fingerprint density at radius 3 is 2.69 bits per heavy atom. The smallest absolute Gasteiger partial charge is 0.318 e. The molecule has 26 heavy (non-hydrogen) atoms. The number of aliphatic hydroxyl groups is 1. The number of carbonyl (C=O) groups is 1. The first-order valence-corrected chi connectivity index (χ1v) is 10.0. The van der Waals surface area contributed by atoms with Gasteiger partial charge in [-0.15, -0.1) is 10.2 Å². The minimum absolute atomic E-state index is 0.00269. The van der Waals surface area contributed by atoms with Gasteiger partial charge in [0.2, 0.25) is 0 Å². The maximum Gasteiger partial charge on any atom is 0.318 e. The van der Waals surface area contributed by atoms with Crippen molar-refractivity contribution >= 4 is 6.03 Å². The third-order valence-electron chi connectivity index (χ3n) is 6.35. The van der Waals surface area contributed by atoms with Crippen LogP contribution in [0.25, 0.3) is 0 Å². The van der Waals surface area contributed by atoms with Gasteiger partial charge in [-0.3, -0.25) is 4.90 Å². The molecule has 1 aliphatic carbocycles. The van der Waals surface area contributed by atoms with Gasteiger partial charge in [0.05, 0.1) is 12.1 Å². The number of fused-ring (bicyclic) bond motifs is 1. The minimum Gasteiger partial charge on any atom is -0.391 e. The fraction of sp³-hybridized carbons (Fsp3) is 0.833. The van der Waals surface area contributed by atoms with Crippen molar-refractivity contribution in [2.75, 3.05) is 19.6 Å². The molecule has 0 spiro atoms. The minimum atomic E-state index is -0.179. The van der Waals surface area contributed by atoms with Gasteiger partial charge in [0.15, 0.2) is 5.82 Å². The molecule has 0 aromatic carbocycles. The molecule has 2 fully saturated rings. The van der Waals surface area contributed by atoms with E-state index < -0.39 is 0 Å². The highest BCUT2D eigenvalue weighted by Crippen LogP contribution is 2.26. The van der Waals surface area contributed by atoms with Gasteiger partial charge in [0.1, 0.15) is 6.33 Å². The number of hydrogen-bond acceptors (Lipinski definition) is 5. The standard InChI is InChI=1S/C18H30N6O2/c1-13-17-21-19-12-23(17)10-11-24(13)18(26)20-14-6-8-22(9-7-14)15-4-2-3-5-16(15)25/h12-16,25H,2-11H2,1H3,(H,20,26). The van der Waals surface area contributed by atoms with E-state index in [1.807, 2.05) is 16.4 Å². The zero-order chi connectivity index (χ0) is 18.1. The molecular weight excluding hydrogens is 332 g/mol. The second-order valence-electron chi connectivity index (χ2n) is 7.93. The zero-order valence-electron chi connectivity index (χ0n) is 15.5. The molecule has 144 valence electrons. The molecule has 4 rings (SSSR count). The number of aromatic nitrogens is 3. The van der Waals surface area contributed by atoms with Crippen molar-refractivity contribution in [1.29, 1.82) is 0 Å². The molecule has 1 aromatic heterocycles. The molecule has 8 heteroatoms. The summed E-state index contributed by atoms with van der Waals surface area (Å²) in [5.74, 6) is 0.854. The van der Waals surface area contributed by atoms with E-state index in [9.17, 15) is 9.90 Å². The maximum absolute atomic E-state index is 12.7. The highest BCUT2D eigenvalue weighted by molar-refractivity contribution is 5.75. The van der Waals surface area contributed by atoms with Crippen LogP contribution in [0.3, 0.4) is 0 Å². The molecule has 1 aromatic rings. The van der Waals surface area contributed by atoms with Crippen LogP contribution in [0.2, 0.25) is 0 Å². The van der Waals surface area contributed by atoms with Crippen molar-refractivity contribution in [2.24, 2.45) is 0 Å². The molecule has 2 aliphatic heterocycles. The molecule has 2 amide bonds. The average molecular weight is 362 g/mol. The number of amides is 2. The van der Waals surface area contributed by atoms with Gasteiger partial charge in [-0.05, 0) is 32.6 Å². The molecule has 3 aliphatic rings. The Hall–Kier alpha value is -1.67. The lowest BCUT2D eigenvalue weighted by molar-refractivity contribution is 0.00737. The number of nitrogens with zero attached hydrogens (tertiary/aromatic N) is 5. The summed E-state index contributed by atoms with van der Waals surface area (Å²) in [6.45, 7) is 5.35. The van der Waals surface area contributed by atoms with Crippen molar-refractivity contribution in [3.05, 3.63) is 12.2 Å². The van der Waals surface area contributed by atoms with E-state index in [2.05, 4.69) is 20.4 Å². The summed E-state index contributed by atoms with van der Waals surface area (Å²) >= 11 is 0. The Morgan fingerprint density at radius 1 is 1.15 bits per heavy atom. The van der Waals surface area contributed by atoms with Crippen LogP contribution in [0.15, 0.2) is 6.33 Å². The summed E-state index contributed by atoms with van der Waals surface area (Å²) in [5.41, 5.74) is 0. The number of carbonyl (C=O) groups excluding carboxylic acids is 1. The van der Waals surface area contributed by atoms with E-state index in [0.717, 1.165) is 57.6 Å². The number of likely N-dealkylation sites (tertiary alicyclic amines) is 1. The molecular formula is C18H30N6O2. The SMILES string of the molecule is CC1c2nncn2CCN1C(=O)NC1CCN(C2CCCCC2O)CC1. The number of aliphatic hydroxyl groups excluding tert-OH is 1. The lowest BCUT2D eigenvalue weighted by Gasteiger charge is -2.42. The first kappa shape index (κ1) is 17.7. The van der Waals surface area contributed by atoms with Crippen LogP contribution in [-0.2, 0) is 6.54 Å². The average Bonchev–Trinajstić information content (AvgIpc) is 3.13. The Labute approximate surface area is 154 Å². The van der Waals surface area contributed by atoms with Crippen LogP contribution in [0.1, 0.15) is 57.3 Å². The number of piperidine rings is 1. The summed E-state index contributed by atoms with van der Waals surface area (Å²) in [4.78, 5) is 17.0. The molecule has 3 unspecified atom stereocenters. The van der Waals surface area contributed by atoms with E-state index in [-0.39, 0.29) is 24.2 Å². The Bertz CT molecular complexity index is 627. The van der Waals surface area contributed by atoms with Crippen molar-refractivity contribution in [3.63, 3.8) is 0 Å². The molecule has 8 nitrogen and oxygen atoms in total. The molecule has 1 saturated heterocycles. The predicted octanol–water partition coefficient (Wildman–Crippen LogP) is 1.13. The van der Waals surface area contributed by atoms with Gasteiger partial charge < -0.3 is 19.9 Å². The second kappa shape index (κ2) is 7.52. The maximum atomic E-state index is 12.7. The fourth-order valence-electron chi connectivity index (χ4n) is 4.74. The highest BCUT2D eigenvalue weighted by atomic mass is 16.3. The topological polar surface area (TPSA) is 86.5 Å². The van der Waals surface area contributed by atoms with E-state index in [0.29, 0.717) is 12.6 Å². The zero-order valence-corrected chi connectivity index (χ0v) is 15.5. The number of rotatable bonds is 2.